The van der Waals surface area contributed by atoms with Gasteiger partial charge in [0.05, 0.1) is 18.1 Å². The number of ether oxygens (including phenoxy) is 1. The first kappa shape index (κ1) is 21.3. The Hall–Kier alpha value is -3.57. The van der Waals surface area contributed by atoms with Gasteiger partial charge in [-0.05, 0) is 63.5 Å². The van der Waals surface area contributed by atoms with Gasteiger partial charge in [-0.15, -0.1) is 0 Å². The van der Waals surface area contributed by atoms with Crippen molar-refractivity contribution < 1.29 is 14.3 Å². The van der Waals surface area contributed by atoms with Gasteiger partial charge in [0.1, 0.15) is 5.75 Å². The van der Waals surface area contributed by atoms with E-state index in [4.69, 9.17) is 4.74 Å². The molecule has 0 atom stereocenters. The van der Waals surface area contributed by atoms with Crippen molar-refractivity contribution in [3.8, 4) is 5.75 Å². The summed E-state index contributed by atoms with van der Waals surface area (Å²) in [5.41, 5.74) is 1.76. The van der Waals surface area contributed by atoms with E-state index in [1.807, 2.05) is 78.9 Å². The third-order valence-corrected chi connectivity index (χ3v) is 6.60. The van der Waals surface area contributed by atoms with Gasteiger partial charge in [0, 0.05) is 5.56 Å². The van der Waals surface area contributed by atoms with Crippen LogP contribution in [0.3, 0.4) is 0 Å². The quantitative estimate of drug-likeness (QED) is 0.294. The first-order valence-electron chi connectivity index (χ1n) is 11.0. The van der Waals surface area contributed by atoms with Crippen molar-refractivity contribution in [1.82, 2.24) is 4.90 Å². The standard InChI is InChI=1S/C28H23NO3S/c1-2-15-32-25-14-13-21-8-5-6-10-23(21)24(25)17-26-27(30)29(28(31)33-26)18-19-11-12-20-7-3-4-9-22(20)16-19/h3-14,16-17H,2,15,18H2,1H3/b26-17+. The summed E-state index contributed by atoms with van der Waals surface area (Å²) >= 11 is 0.984. The largest absolute Gasteiger partial charge is 0.493 e. The number of hydrogen-bond acceptors (Lipinski definition) is 4. The van der Waals surface area contributed by atoms with E-state index in [1.165, 1.54) is 4.90 Å². The van der Waals surface area contributed by atoms with Crippen LogP contribution in [0.15, 0.2) is 83.8 Å². The fourth-order valence-electron chi connectivity index (χ4n) is 4.05. The normalized spacial score (nSPS) is 15.2. The maximum Gasteiger partial charge on any atom is 0.293 e. The molecular weight excluding hydrogens is 430 g/mol. The Morgan fingerprint density at radius 1 is 0.879 bits per heavy atom. The average molecular weight is 454 g/mol. The molecule has 2 amide bonds. The zero-order valence-electron chi connectivity index (χ0n) is 18.3. The molecule has 1 saturated heterocycles. The summed E-state index contributed by atoms with van der Waals surface area (Å²) in [6.45, 7) is 2.89. The smallest absolute Gasteiger partial charge is 0.293 e. The van der Waals surface area contributed by atoms with Crippen molar-refractivity contribution in [2.45, 2.75) is 19.9 Å². The number of thioether (sulfide) groups is 1. The fourth-order valence-corrected chi connectivity index (χ4v) is 4.87. The van der Waals surface area contributed by atoms with Crippen LogP contribution >= 0.6 is 11.8 Å². The van der Waals surface area contributed by atoms with Crippen LogP contribution in [-0.4, -0.2) is 22.7 Å². The third kappa shape index (κ3) is 4.24. The lowest BCUT2D eigenvalue weighted by atomic mass is 10.0. The Balaban J connectivity index is 1.48. The lowest BCUT2D eigenvalue weighted by Gasteiger charge is -2.13. The van der Waals surface area contributed by atoms with Crippen LogP contribution in [0.1, 0.15) is 24.5 Å². The Kier molecular flexibility index (Phi) is 5.88. The second kappa shape index (κ2) is 9.12. The average Bonchev–Trinajstić information content (AvgIpc) is 3.10. The van der Waals surface area contributed by atoms with Crippen molar-refractivity contribution in [3.63, 3.8) is 0 Å². The molecule has 0 bridgehead atoms. The maximum atomic E-state index is 13.2. The van der Waals surface area contributed by atoms with Crippen molar-refractivity contribution >= 4 is 50.5 Å². The minimum atomic E-state index is -0.271. The lowest BCUT2D eigenvalue weighted by molar-refractivity contribution is -0.123. The van der Waals surface area contributed by atoms with E-state index in [2.05, 4.69) is 6.92 Å². The van der Waals surface area contributed by atoms with Crippen molar-refractivity contribution in [3.05, 3.63) is 94.9 Å². The van der Waals surface area contributed by atoms with Gasteiger partial charge >= 0.3 is 0 Å². The highest BCUT2D eigenvalue weighted by atomic mass is 32.2. The molecule has 0 radical (unpaired) electrons. The predicted molar refractivity (Wildman–Crippen MR) is 135 cm³/mol. The molecule has 33 heavy (non-hydrogen) atoms. The first-order valence-corrected chi connectivity index (χ1v) is 11.8. The lowest BCUT2D eigenvalue weighted by Crippen LogP contribution is -2.27. The zero-order chi connectivity index (χ0) is 22.8. The number of rotatable bonds is 6. The van der Waals surface area contributed by atoms with Gasteiger partial charge < -0.3 is 4.74 Å². The SMILES string of the molecule is CCCOc1ccc2ccccc2c1/C=C1/SC(=O)N(Cc2ccc3ccccc3c2)C1=O. The summed E-state index contributed by atoms with van der Waals surface area (Å²) in [4.78, 5) is 27.7. The van der Waals surface area contributed by atoms with Crippen molar-refractivity contribution in [2.75, 3.05) is 6.61 Å². The molecule has 0 spiro atoms. The van der Waals surface area contributed by atoms with Crippen LogP contribution in [0.25, 0.3) is 27.6 Å². The summed E-state index contributed by atoms with van der Waals surface area (Å²) < 4.78 is 5.97. The minimum absolute atomic E-state index is 0.252. The number of imide groups is 1. The molecule has 164 valence electrons. The molecule has 4 aromatic rings. The molecule has 0 saturated carbocycles. The van der Waals surface area contributed by atoms with Gasteiger partial charge in [-0.2, -0.15) is 0 Å². The second-order valence-electron chi connectivity index (χ2n) is 8.00. The van der Waals surface area contributed by atoms with E-state index < -0.39 is 0 Å². The van der Waals surface area contributed by atoms with E-state index in [1.54, 1.807) is 6.08 Å². The van der Waals surface area contributed by atoms with Crippen LogP contribution in [-0.2, 0) is 11.3 Å². The molecule has 0 N–H and O–H groups in total. The van der Waals surface area contributed by atoms with Crippen LogP contribution in [0.5, 0.6) is 5.75 Å². The van der Waals surface area contributed by atoms with Crippen LogP contribution in [0.4, 0.5) is 4.79 Å². The topological polar surface area (TPSA) is 46.6 Å². The van der Waals surface area contributed by atoms with Gasteiger partial charge in [0.2, 0.25) is 0 Å². The molecule has 5 rings (SSSR count). The Labute approximate surface area is 196 Å². The van der Waals surface area contributed by atoms with Crippen LogP contribution < -0.4 is 4.74 Å². The van der Waals surface area contributed by atoms with Gasteiger partial charge in [0.25, 0.3) is 11.1 Å². The number of hydrogen-bond donors (Lipinski definition) is 0. The summed E-state index contributed by atoms with van der Waals surface area (Å²) in [5.74, 6) is 0.449. The molecule has 5 heteroatoms. The van der Waals surface area contributed by atoms with E-state index in [-0.39, 0.29) is 17.7 Å². The first-order chi connectivity index (χ1) is 16.1. The van der Waals surface area contributed by atoms with Gasteiger partial charge in [-0.1, -0.05) is 73.7 Å². The zero-order valence-corrected chi connectivity index (χ0v) is 19.1. The molecule has 1 aliphatic heterocycles. The molecule has 0 aromatic heterocycles. The number of fused-ring (bicyclic) bond motifs is 2. The van der Waals surface area contributed by atoms with Gasteiger partial charge in [-0.3, -0.25) is 14.5 Å². The van der Waals surface area contributed by atoms with E-state index in [0.29, 0.717) is 11.5 Å². The monoisotopic (exact) mass is 453 g/mol. The number of carbonyl (C=O) groups excluding carboxylic acids is 2. The molecule has 1 aliphatic rings. The summed E-state index contributed by atoms with van der Waals surface area (Å²) in [7, 11) is 0. The Bertz CT molecular complexity index is 1410. The van der Waals surface area contributed by atoms with Gasteiger partial charge in [0.15, 0.2) is 0 Å². The molecule has 0 aliphatic carbocycles. The summed E-state index contributed by atoms with van der Waals surface area (Å²) in [5, 5.41) is 4.02. The predicted octanol–water partition coefficient (Wildman–Crippen LogP) is 7.02. The highest BCUT2D eigenvalue weighted by Gasteiger charge is 2.35. The third-order valence-electron chi connectivity index (χ3n) is 5.70. The highest BCUT2D eigenvalue weighted by molar-refractivity contribution is 8.18. The second-order valence-corrected chi connectivity index (χ2v) is 8.99. The molecular formula is C28H23NO3S. The highest BCUT2D eigenvalue weighted by Crippen LogP contribution is 2.37. The van der Waals surface area contributed by atoms with Crippen molar-refractivity contribution in [2.24, 2.45) is 0 Å². The van der Waals surface area contributed by atoms with Gasteiger partial charge in [-0.25, -0.2) is 0 Å². The Morgan fingerprint density at radius 3 is 2.42 bits per heavy atom. The molecule has 0 unspecified atom stereocenters. The molecule has 4 nitrogen and oxygen atoms in total. The number of carbonyl (C=O) groups is 2. The van der Waals surface area contributed by atoms with E-state index in [0.717, 1.165) is 56.6 Å². The minimum Gasteiger partial charge on any atom is -0.493 e. The number of nitrogens with zero attached hydrogens (tertiary/aromatic N) is 1. The molecule has 4 aromatic carbocycles. The number of amides is 2. The fraction of sp³-hybridized carbons (Fsp3) is 0.143. The van der Waals surface area contributed by atoms with Crippen molar-refractivity contribution in [1.29, 1.82) is 0 Å². The summed E-state index contributed by atoms with van der Waals surface area (Å²) in [6, 6.07) is 26.0. The Morgan fingerprint density at radius 2 is 1.61 bits per heavy atom. The molecule has 1 fully saturated rings. The van der Waals surface area contributed by atoms with Crippen LogP contribution in [0, 0.1) is 0 Å². The summed E-state index contributed by atoms with van der Waals surface area (Å²) in [6.07, 6.45) is 2.69. The molecule has 1 heterocycles. The van der Waals surface area contributed by atoms with E-state index >= 15 is 0 Å². The van der Waals surface area contributed by atoms with E-state index in [9.17, 15) is 9.59 Å². The number of benzene rings is 4. The van der Waals surface area contributed by atoms with Crippen LogP contribution in [0.2, 0.25) is 0 Å². The maximum absolute atomic E-state index is 13.2.